The van der Waals surface area contributed by atoms with Gasteiger partial charge in [0.05, 0.1) is 24.2 Å². The predicted molar refractivity (Wildman–Crippen MR) is 163 cm³/mol. The Balaban J connectivity index is 2.27. The normalized spacial score (nSPS) is 22.5. The molecule has 182 valence electrons. The molecule has 1 aromatic rings. The standard InChI is InChI=1S/C31H46Si3/c1-12-22-18-24-20-26-25(29(24)27(19-22)32(3,4)5)21-28(33(6,7)8)31(13-2,34(9,10)11)30(26)23-16-14-15-17-23/h14-16,18-21H,12-13,17H2,1-11H3. The summed E-state index contributed by atoms with van der Waals surface area (Å²) >= 11 is 0. The van der Waals surface area contributed by atoms with Gasteiger partial charge in [-0.05, 0) is 63.6 Å². The highest BCUT2D eigenvalue weighted by atomic mass is 28.3. The fourth-order valence-corrected chi connectivity index (χ4v) is 15.9. The van der Waals surface area contributed by atoms with E-state index in [9.17, 15) is 0 Å². The van der Waals surface area contributed by atoms with E-state index in [1.54, 1.807) is 32.7 Å². The molecule has 1 atom stereocenters. The number of hydrogen-bond acceptors (Lipinski definition) is 0. The summed E-state index contributed by atoms with van der Waals surface area (Å²) in [6.07, 6.45) is 15.9. The van der Waals surface area contributed by atoms with Crippen molar-refractivity contribution < 1.29 is 0 Å². The van der Waals surface area contributed by atoms with Gasteiger partial charge in [-0.15, -0.1) is 0 Å². The van der Waals surface area contributed by atoms with Gasteiger partial charge in [-0.1, -0.05) is 120 Å². The van der Waals surface area contributed by atoms with Gasteiger partial charge in [-0.3, -0.25) is 0 Å². The van der Waals surface area contributed by atoms with Crippen LogP contribution in [0.1, 0.15) is 32.3 Å². The minimum atomic E-state index is -1.63. The summed E-state index contributed by atoms with van der Waals surface area (Å²) in [4.78, 5) is 0. The second-order valence-electron chi connectivity index (χ2n) is 13.7. The van der Waals surface area contributed by atoms with Crippen molar-refractivity contribution >= 4 is 41.1 Å². The average molecular weight is 503 g/mol. The number of hydrogen-bond donors (Lipinski definition) is 0. The van der Waals surface area contributed by atoms with Crippen LogP contribution >= 0.6 is 0 Å². The molecule has 0 amide bonds. The van der Waals surface area contributed by atoms with Crippen molar-refractivity contribution in [3.63, 3.8) is 0 Å². The minimum absolute atomic E-state index is 0.208. The molecule has 0 saturated carbocycles. The van der Waals surface area contributed by atoms with Crippen molar-refractivity contribution in [1.82, 2.24) is 0 Å². The third kappa shape index (κ3) is 3.83. The molecule has 0 spiro atoms. The van der Waals surface area contributed by atoms with Crippen LogP contribution < -0.4 is 15.6 Å². The van der Waals surface area contributed by atoms with Crippen LogP contribution in [-0.2, 0) is 6.42 Å². The SMILES string of the molecule is CCc1cc([Si](C)(C)C)c2c(c1)=CC1=C(C3=CC=CC3)C(CC)([Si](C)(C)C)C([Si](C)(C)C)=CC=21. The largest absolute Gasteiger partial charge is 0.0801 e. The molecule has 4 rings (SSSR count). The number of benzene rings is 1. The van der Waals surface area contributed by atoms with Crippen LogP contribution in [-0.4, -0.2) is 24.2 Å². The van der Waals surface area contributed by atoms with Crippen LogP contribution in [0.5, 0.6) is 0 Å². The first kappa shape index (κ1) is 25.7. The Morgan fingerprint density at radius 1 is 0.824 bits per heavy atom. The lowest BCUT2D eigenvalue weighted by Gasteiger charge is -2.53. The second kappa shape index (κ2) is 8.31. The molecule has 3 aliphatic carbocycles. The van der Waals surface area contributed by atoms with Gasteiger partial charge in [0.1, 0.15) is 0 Å². The van der Waals surface area contributed by atoms with Gasteiger partial charge < -0.3 is 0 Å². The van der Waals surface area contributed by atoms with Crippen LogP contribution in [0.3, 0.4) is 0 Å². The molecule has 0 radical (unpaired) electrons. The van der Waals surface area contributed by atoms with Gasteiger partial charge in [0.2, 0.25) is 0 Å². The summed E-state index contributed by atoms with van der Waals surface area (Å²) < 4.78 is 0. The summed E-state index contributed by atoms with van der Waals surface area (Å²) in [6.45, 7) is 28.0. The molecule has 0 N–H and O–H groups in total. The van der Waals surface area contributed by atoms with Crippen molar-refractivity contribution in [2.45, 2.75) is 97.1 Å². The molecule has 0 saturated heterocycles. The molecule has 0 aromatic heterocycles. The van der Waals surface area contributed by atoms with Crippen LogP contribution in [0.15, 0.2) is 58.4 Å². The van der Waals surface area contributed by atoms with E-state index in [0.29, 0.717) is 0 Å². The third-order valence-corrected chi connectivity index (χ3v) is 16.3. The molecule has 0 fully saturated rings. The molecule has 0 aliphatic heterocycles. The van der Waals surface area contributed by atoms with E-state index in [-0.39, 0.29) is 5.04 Å². The Bertz CT molecular complexity index is 1280. The molecule has 1 unspecified atom stereocenters. The van der Waals surface area contributed by atoms with E-state index >= 15 is 0 Å². The Morgan fingerprint density at radius 3 is 1.97 bits per heavy atom. The van der Waals surface area contributed by atoms with Crippen LogP contribution in [0, 0.1) is 0 Å². The lowest BCUT2D eigenvalue weighted by Crippen LogP contribution is -2.53. The van der Waals surface area contributed by atoms with E-state index in [1.165, 1.54) is 17.2 Å². The molecule has 0 bridgehead atoms. The zero-order valence-electron chi connectivity index (χ0n) is 23.7. The van der Waals surface area contributed by atoms with Crippen LogP contribution in [0.2, 0.25) is 64.0 Å². The van der Waals surface area contributed by atoms with Crippen molar-refractivity contribution in [3.8, 4) is 0 Å². The van der Waals surface area contributed by atoms with E-state index in [2.05, 4.69) is 115 Å². The molecular weight excluding hydrogens is 457 g/mol. The number of rotatable bonds is 6. The van der Waals surface area contributed by atoms with Crippen LogP contribution in [0.4, 0.5) is 0 Å². The van der Waals surface area contributed by atoms with E-state index in [0.717, 1.165) is 12.8 Å². The molecule has 3 heteroatoms. The van der Waals surface area contributed by atoms with Gasteiger partial charge in [0.15, 0.2) is 0 Å². The maximum atomic E-state index is 2.74. The molecule has 1 aromatic carbocycles. The molecule has 34 heavy (non-hydrogen) atoms. The maximum Gasteiger partial charge on any atom is 0.0784 e. The number of fused-ring (bicyclic) bond motifs is 2. The summed E-state index contributed by atoms with van der Waals surface area (Å²) in [7, 11) is -4.73. The second-order valence-corrected chi connectivity index (χ2v) is 29.1. The lowest BCUT2D eigenvalue weighted by molar-refractivity contribution is 0.696. The van der Waals surface area contributed by atoms with Crippen molar-refractivity contribution in [2.75, 3.05) is 0 Å². The first-order valence-corrected chi connectivity index (χ1v) is 23.9. The topological polar surface area (TPSA) is 0 Å². The lowest BCUT2D eigenvalue weighted by atomic mass is 9.78. The van der Waals surface area contributed by atoms with Gasteiger partial charge in [0, 0.05) is 5.04 Å². The molecule has 0 nitrogen and oxygen atoms in total. The smallest absolute Gasteiger partial charge is 0.0784 e. The highest BCUT2D eigenvalue weighted by Crippen LogP contribution is 2.63. The van der Waals surface area contributed by atoms with Crippen LogP contribution in [0.25, 0.3) is 11.6 Å². The zero-order chi connectivity index (χ0) is 25.3. The summed E-state index contributed by atoms with van der Waals surface area (Å²) in [5.41, 5.74) is 7.89. The zero-order valence-corrected chi connectivity index (χ0v) is 26.7. The molecule has 3 aliphatic rings. The van der Waals surface area contributed by atoms with E-state index in [4.69, 9.17) is 0 Å². The Morgan fingerprint density at radius 2 is 1.50 bits per heavy atom. The Labute approximate surface area is 212 Å². The van der Waals surface area contributed by atoms with Gasteiger partial charge in [-0.25, -0.2) is 0 Å². The Kier molecular flexibility index (Phi) is 6.27. The monoisotopic (exact) mass is 502 g/mol. The summed E-state index contributed by atoms with van der Waals surface area (Å²) in [5.74, 6) is 0. The third-order valence-electron chi connectivity index (χ3n) is 8.46. The number of aryl methyl sites for hydroxylation is 1. The van der Waals surface area contributed by atoms with Gasteiger partial charge >= 0.3 is 0 Å². The van der Waals surface area contributed by atoms with E-state index in [1.807, 2.05) is 5.20 Å². The molecule has 0 heterocycles. The van der Waals surface area contributed by atoms with E-state index < -0.39 is 24.2 Å². The fraction of sp³-hybridized carbons (Fsp3) is 0.484. The highest BCUT2D eigenvalue weighted by Gasteiger charge is 2.54. The average Bonchev–Trinajstić information content (AvgIpc) is 3.36. The number of allylic oxidation sites excluding steroid dienone is 8. The summed E-state index contributed by atoms with van der Waals surface area (Å²) in [6, 6.07) is 5.06. The fourth-order valence-electron chi connectivity index (χ4n) is 6.91. The quantitative estimate of drug-likeness (QED) is 0.360. The summed E-state index contributed by atoms with van der Waals surface area (Å²) in [5, 5.41) is 6.74. The Hall–Kier alpha value is -1.43. The highest BCUT2D eigenvalue weighted by molar-refractivity contribution is 6.90. The van der Waals surface area contributed by atoms with Crippen molar-refractivity contribution in [3.05, 3.63) is 74.4 Å². The molecular formula is C31H46Si3. The first-order chi connectivity index (χ1) is 15.7. The van der Waals surface area contributed by atoms with Gasteiger partial charge in [0.25, 0.3) is 0 Å². The minimum Gasteiger partial charge on any atom is -0.0801 e. The predicted octanol–water partition coefficient (Wildman–Crippen LogP) is 7.23. The van der Waals surface area contributed by atoms with Gasteiger partial charge in [-0.2, -0.15) is 0 Å². The first-order valence-electron chi connectivity index (χ1n) is 13.4. The van der Waals surface area contributed by atoms with Crippen molar-refractivity contribution in [1.29, 1.82) is 0 Å². The van der Waals surface area contributed by atoms with Crippen molar-refractivity contribution in [2.24, 2.45) is 0 Å². The maximum absolute atomic E-state index is 2.74.